The standard InChI is InChI=1S/C17H29N5S.HI/c1-3-15-13-22(10-11-23-15)17(18-2)19-8-7-14-12-21-9-5-4-6-16(21)20-14;/h12,15H,3-11,13H2,1-2H3,(H,18,19);1H. The predicted octanol–water partition coefficient (Wildman–Crippen LogP) is 2.78. The van der Waals surface area contributed by atoms with Crippen LogP contribution >= 0.6 is 35.7 Å². The number of rotatable bonds is 4. The number of guanidine groups is 1. The maximum Gasteiger partial charge on any atom is 0.193 e. The topological polar surface area (TPSA) is 45.5 Å². The fourth-order valence-corrected chi connectivity index (χ4v) is 4.57. The van der Waals surface area contributed by atoms with Gasteiger partial charge in [0.2, 0.25) is 0 Å². The third-order valence-corrected chi connectivity index (χ3v) is 6.10. The van der Waals surface area contributed by atoms with Gasteiger partial charge in [0.05, 0.1) is 5.69 Å². The van der Waals surface area contributed by atoms with Crippen LogP contribution in [0.15, 0.2) is 11.2 Å². The third kappa shape index (κ3) is 5.03. The van der Waals surface area contributed by atoms with Crippen LogP contribution in [-0.4, -0.2) is 58.1 Å². The third-order valence-electron chi connectivity index (χ3n) is 4.73. The van der Waals surface area contributed by atoms with Crippen LogP contribution < -0.4 is 5.32 Å². The Labute approximate surface area is 167 Å². The molecule has 2 aliphatic rings. The lowest BCUT2D eigenvalue weighted by Crippen LogP contribution is -2.48. The number of nitrogens with zero attached hydrogens (tertiary/aromatic N) is 4. The van der Waals surface area contributed by atoms with Gasteiger partial charge in [-0.3, -0.25) is 4.99 Å². The van der Waals surface area contributed by atoms with Gasteiger partial charge in [-0.05, 0) is 19.3 Å². The summed E-state index contributed by atoms with van der Waals surface area (Å²) >= 11 is 2.09. The van der Waals surface area contributed by atoms with E-state index in [1.165, 1.54) is 36.5 Å². The molecule has 2 aliphatic heterocycles. The zero-order valence-corrected chi connectivity index (χ0v) is 18.0. The summed E-state index contributed by atoms with van der Waals surface area (Å²) in [5, 5.41) is 4.27. The molecule has 0 saturated carbocycles. The van der Waals surface area contributed by atoms with Crippen molar-refractivity contribution in [2.75, 3.05) is 32.4 Å². The largest absolute Gasteiger partial charge is 0.356 e. The quantitative estimate of drug-likeness (QED) is 0.424. The average Bonchev–Trinajstić information content (AvgIpc) is 3.01. The summed E-state index contributed by atoms with van der Waals surface area (Å²) < 4.78 is 2.33. The van der Waals surface area contributed by atoms with Crippen molar-refractivity contribution in [1.82, 2.24) is 19.8 Å². The number of aromatic nitrogens is 2. The lowest BCUT2D eigenvalue weighted by Gasteiger charge is -2.34. The minimum atomic E-state index is 0. The predicted molar refractivity (Wildman–Crippen MR) is 114 cm³/mol. The van der Waals surface area contributed by atoms with Gasteiger partial charge in [-0.1, -0.05) is 6.92 Å². The van der Waals surface area contributed by atoms with Gasteiger partial charge in [0, 0.05) is 63.3 Å². The van der Waals surface area contributed by atoms with Crippen LogP contribution in [0.25, 0.3) is 0 Å². The van der Waals surface area contributed by atoms with Crippen LogP contribution in [0.2, 0.25) is 0 Å². The minimum absolute atomic E-state index is 0. The Balaban J connectivity index is 0.00000208. The summed E-state index contributed by atoms with van der Waals surface area (Å²) in [5.41, 5.74) is 1.21. The van der Waals surface area contributed by atoms with Gasteiger partial charge >= 0.3 is 0 Å². The molecule has 1 atom stereocenters. The van der Waals surface area contributed by atoms with Crippen LogP contribution in [0.4, 0.5) is 0 Å². The summed E-state index contributed by atoms with van der Waals surface area (Å²) in [4.78, 5) is 11.7. The van der Waals surface area contributed by atoms with E-state index in [1.807, 2.05) is 7.05 Å². The fourth-order valence-electron chi connectivity index (χ4n) is 3.39. The number of aliphatic imine (C=N–C) groups is 1. The molecule has 0 aromatic carbocycles. The van der Waals surface area contributed by atoms with Crippen LogP contribution in [-0.2, 0) is 19.4 Å². The first-order valence-electron chi connectivity index (χ1n) is 8.92. The molecule has 0 bridgehead atoms. The molecule has 1 N–H and O–H groups in total. The molecule has 7 heteroatoms. The Bertz CT molecular complexity index is 522. The second-order valence-electron chi connectivity index (χ2n) is 6.37. The lowest BCUT2D eigenvalue weighted by atomic mass is 10.2. The number of aryl methyl sites for hydroxylation is 2. The molecule has 1 aromatic rings. The normalized spacial score (nSPS) is 21.2. The van der Waals surface area contributed by atoms with Crippen molar-refractivity contribution in [3.8, 4) is 0 Å². The van der Waals surface area contributed by atoms with Crippen molar-refractivity contribution in [1.29, 1.82) is 0 Å². The maximum atomic E-state index is 4.78. The van der Waals surface area contributed by atoms with Gasteiger partial charge in [0.1, 0.15) is 5.82 Å². The van der Waals surface area contributed by atoms with Gasteiger partial charge in [-0.15, -0.1) is 24.0 Å². The van der Waals surface area contributed by atoms with E-state index in [2.05, 4.69) is 44.7 Å². The molecular weight excluding hydrogens is 433 g/mol. The highest BCUT2D eigenvalue weighted by Gasteiger charge is 2.21. The van der Waals surface area contributed by atoms with Gasteiger partial charge in [0.25, 0.3) is 0 Å². The van der Waals surface area contributed by atoms with Crippen LogP contribution in [0, 0.1) is 0 Å². The molecule has 3 rings (SSSR count). The van der Waals surface area contributed by atoms with Gasteiger partial charge in [-0.25, -0.2) is 4.98 Å². The molecule has 136 valence electrons. The number of thioether (sulfide) groups is 1. The van der Waals surface area contributed by atoms with Crippen LogP contribution in [0.5, 0.6) is 0 Å². The number of halogens is 1. The Morgan fingerprint density at radius 2 is 2.29 bits per heavy atom. The second kappa shape index (κ2) is 9.89. The Hall–Kier alpha value is -0.440. The molecule has 1 saturated heterocycles. The van der Waals surface area contributed by atoms with E-state index in [9.17, 15) is 0 Å². The van der Waals surface area contributed by atoms with E-state index in [0.29, 0.717) is 0 Å². The maximum absolute atomic E-state index is 4.78. The van der Waals surface area contributed by atoms with E-state index >= 15 is 0 Å². The van der Waals surface area contributed by atoms with E-state index in [1.54, 1.807) is 0 Å². The van der Waals surface area contributed by atoms with Crippen molar-refractivity contribution in [3.63, 3.8) is 0 Å². The van der Waals surface area contributed by atoms with Gasteiger partial charge in [0.15, 0.2) is 5.96 Å². The van der Waals surface area contributed by atoms with E-state index in [-0.39, 0.29) is 24.0 Å². The number of hydrogen-bond acceptors (Lipinski definition) is 3. The Kier molecular flexibility index (Phi) is 8.19. The van der Waals surface area contributed by atoms with Crippen molar-refractivity contribution >= 4 is 41.7 Å². The molecule has 0 radical (unpaired) electrons. The molecule has 0 amide bonds. The summed E-state index contributed by atoms with van der Waals surface area (Å²) in [5.74, 6) is 3.52. The monoisotopic (exact) mass is 463 g/mol. The van der Waals surface area contributed by atoms with E-state index in [4.69, 9.17) is 4.98 Å². The first kappa shape index (κ1) is 19.9. The highest BCUT2D eigenvalue weighted by molar-refractivity contribution is 14.0. The van der Waals surface area contributed by atoms with Crippen molar-refractivity contribution in [2.45, 2.75) is 50.8 Å². The Morgan fingerprint density at radius 3 is 3.04 bits per heavy atom. The first-order valence-corrected chi connectivity index (χ1v) is 9.97. The zero-order chi connectivity index (χ0) is 16.1. The molecular formula is C17H30IN5S. The van der Waals surface area contributed by atoms with Gasteiger partial charge < -0.3 is 14.8 Å². The van der Waals surface area contributed by atoms with Crippen LogP contribution in [0.1, 0.15) is 37.7 Å². The molecule has 1 fully saturated rings. The smallest absolute Gasteiger partial charge is 0.193 e. The highest BCUT2D eigenvalue weighted by Crippen LogP contribution is 2.21. The molecule has 5 nitrogen and oxygen atoms in total. The molecule has 0 aliphatic carbocycles. The molecule has 1 aromatic heterocycles. The number of nitrogens with one attached hydrogen (secondary N) is 1. The number of imidazole rings is 1. The molecule has 3 heterocycles. The second-order valence-corrected chi connectivity index (χ2v) is 7.78. The average molecular weight is 463 g/mol. The van der Waals surface area contributed by atoms with E-state index < -0.39 is 0 Å². The Morgan fingerprint density at radius 1 is 1.42 bits per heavy atom. The molecule has 1 unspecified atom stereocenters. The number of fused-ring (bicyclic) bond motifs is 1. The highest BCUT2D eigenvalue weighted by atomic mass is 127. The number of hydrogen-bond donors (Lipinski definition) is 1. The van der Waals surface area contributed by atoms with E-state index in [0.717, 1.165) is 50.2 Å². The van der Waals surface area contributed by atoms with Crippen LogP contribution in [0.3, 0.4) is 0 Å². The summed E-state index contributed by atoms with van der Waals surface area (Å²) in [6.45, 7) is 6.53. The minimum Gasteiger partial charge on any atom is -0.356 e. The zero-order valence-electron chi connectivity index (χ0n) is 14.8. The van der Waals surface area contributed by atoms with Crippen molar-refractivity contribution < 1.29 is 0 Å². The van der Waals surface area contributed by atoms with Gasteiger partial charge in [-0.2, -0.15) is 11.8 Å². The SMILES string of the molecule is CCC1CN(C(=NC)NCCc2cn3c(n2)CCCC3)CCS1.I. The summed E-state index contributed by atoms with van der Waals surface area (Å²) in [6, 6.07) is 0. The van der Waals surface area contributed by atoms with Crippen molar-refractivity contribution in [2.24, 2.45) is 4.99 Å². The molecule has 0 spiro atoms. The molecule has 24 heavy (non-hydrogen) atoms. The summed E-state index contributed by atoms with van der Waals surface area (Å²) in [7, 11) is 1.89. The fraction of sp³-hybridized carbons (Fsp3) is 0.765. The van der Waals surface area contributed by atoms with Crippen molar-refractivity contribution in [3.05, 3.63) is 17.7 Å². The summed E-state index contributed by atoms with van der Waals surface area (Å²) in [6.07, 6.45) is 8.16. The lowest BCUT2D eigenvalue weighted by molar-refractivity contribution is 0.408. The first-order chi connectivity index (χ1) is 11.3.